The fourth-order valence-corrected chi connectivity index (χ4v) is 3.55. The van der Waals surface area contributed by atoms with Crippen molar-refractivity contribution in [2.75, 3.05) is 11.9 Å². The van der Waals surface area contributed by atoms with Crippen molar-refractivity contribution < 1.29 is 13.5 Å². The quantitative estimate of drug-likeness (QED) is 0.548. The van der Waals surface area contributed by atoms with Crippen LogP contribution in [0.25, 0.3) is 22.8 Å². The fraction of sp³-hybridized carbons (Fsp3) is 0.136. The zero-order valence-electron chi connectivity index (χ0n) is 16.0. The van der Waals surface area contributed by atoms with Crippen LogP contribution in [-0.2, 0) is 7.05 Å². The monoisotopic (exact) mass is 405 g/mol. The van der Waals surface area contributed by atoms with Crippen molar-refractivity contribution in [3.63, 3.8) is 0 Å². The van der Waals surface area contributed by atoms with Crippen LogP contribution in [0.3, 0.4) is 0 Å². The van der Waals surface area contributed by atoms with Gasteiger partial charge in [-0.25, -0.2) is 18.4 Å². The van der Waals surface area contributed by atoms with Gasteiger partial charge in [0.2, 0.25) is 0 Å². The summed E-state index contributed by atoms with van der Waals surface area (Å²) in [6.45, 7) is 0.105. The van der Waals surface area contributed by atoms with Gasteiger partial charge in [0.1, 0.15) is 24.0 Å². The highest BCUT2D eigenvalue weighted by atomic mass is 19.1. The van der Waals surface area contributed by atoms with E-state index >= 15 is 0 Å². The van der Waals surface area contributed by atoms with Crippen molar-refractivity contribution in [1.82, 2.24) is 19.7 Å². The number of halogens is 2. The van der Waals surface area contributed by atoms with Gasteiger partial charge >= 0.3 is 0 Å². The van der Waals surface area contributed by atoms with Crippen LogP contribution in [0.2, 0.25) is 0 Å². The van der Waals surface area contributed by atoms with Gasteiger partial charge in [-0.05, 0) is 42.5 Å². The standard InChI is InChI=1S/C22H17F2N5O/c1-29-22(27-21(28-29)14-4-3-9-25-11-14)13-7-8-17-19(10-13)30-12-18(26-17)20-15(23)5-2-6-16(20)24/h2-11,18,26H,12H2,1H3. The van der Waals surface area contributed by atoms with Crippen LogP contribution in [0.15, 0.2) is 60.9 Å². The molecule has 0 saturated carbocycles. The maximum absolute atomic E-state index is 14.1. The molecule has 0 aliphatic carbocycles. The molecule has 5 rings (SSSR count). The van der Waals surface area contributed by atoms with Crippen molar-refractivity contribution in [2.24, 2.45) is 7.05 Å². The number of pyridine rings is 1. The molecule has 4 aromatic rings. The number of nitrogens with zero attached hydrogens (tertiary/aromatic N) is 4. The lowest BCUT2D eigenvalue weighted by atomic mass is 10.0. The van der Waals surface area contributed by atoms with E-state index in [2.05, 4.69) is 20.4 Å². The molecule has 0 bridgehead atoms. The minimum atomic E-state index is -0.614. The smallest absolute Gasteiger partial charge is 0.183 e. The van der Waals surface area contributed by atoms with E-state index in [1.807, 2.05) is 37.4 Å². The minimum Gasteiger partial charge on any atom is -0.489 e. The van der Waals surface area contributed by atoms with E-state index < -0.39 is 17.7 Å². The number of anilines is 1. The number of aryl methyl sites for hydroxylation is 1. The van der Waals surface area contributed by atoms with Gasteiger partial charge in [-0.3, -0.25) is 4.98 Å². The van der Waals surface area contributed by atoms with Crippen LogP contribution >= 0.6 is 0 Å². The molecule has 30 heavy (non-hydrogen) atoms. The Morgan fingerprint density at radius 3 is 2.67 bits per heavy atom. The van der Waals surface area contributed by atoms with Crippen molar-refractivity contribution in [1.29, 1.82) is 0 Å². The molecule has 2 aromatic heterocycles. The molecule has 0 amide bonds. The number of nitrogens with one attached hydrogen (secondary N) is 1. The van der Waals surface area contributed by atoms with Crippen molar-refractivity contribution >= 4 is 5.69 Å². The van der Waals surface area contributed by atoms with Gasteiger partial charge in [-0.1, -0.05) is 6.07 Å². The third-order valence-corrected chi connectivity index (χ3v) is 5.01. The second-order valence-electron chi connectivity index (χ2n) is 6.98. The summed E-state index contributed by atoms with van der Waals surface area (Å²) < 4.78 is 35.8. The van der Waals surface area contributed by atoms with Crippen LogP contribution in [0.5, 0.6) is 5.75 Å². The molecule has 0 fully saturated rings. The Balaban J connectivity index is 1.45. The average molecular weight is 405 g/mol. The van der Waals surface area contributed by atoms with E-state index in [1.54, 1.807) is 17.1 Å². The molecule has 6 nitrogen and oxygen atoms in total. The number of fused-ring (bicyclic) bond motifs is 1. The van der Waals surface area contributed by atoms with Gasteiger partial charge in [0.25, 0.3) is 0 Å². The van der Waals surface area contributed by atoms with E-state index in [0.717, 1.165) is 11.1 Å². The van der Waals surface area contributed by atoms with Crippen LogP contribution in [0.4, 0.5) is 14.5 Å². The first-order valence-electron chi connectivity index (χ1n) is 9.39. The normalized spacial score (nSPS) is 15.2. The molecule has 0 spiro atoms. The first kappa shape index (κ1) is 18.2. The molecule has 1 N–H and O–H groups in total. The highest BCUT2D eigenvalue weighted by Gasteiger charge is 2.26. The maximum Gasteiger partial charge on any atom is 0.183 e. The van der Waals surface area contributed by atoms with Crippen LogP contribution < -0.4 is 10.1 Å². The maximum atomic E-state index is 14.1. The number of hydrogen-bond acceptors (Lipinski definition) is 5. The van der Waals surface area contributed by atoms with Gasteiger partial charge in [-0.15, -0.1) is 0 Å². The number of aromatic nitrogens is 4. The Morgan fingerprint density at radius 2 is 1.90 bits per heavy atom. The third kappa shape index (κ3) is 3.16. The Morgan fingerprint density at radius 1 is 1.07 bits per heavy atom. The molecule has 1 unspecified atom stereocenters. The summed E-state index contributed by atoms with van der Waals surface area (Å²) in [7, 11) is 1.82. The van der Waals surface area contributed by atoms with E-state index in [4.69, 9.17) is 4.74 Å². The average Bonchev–Trinajstić information content (AvgIpc) is 3.15. The van der Waals surface area contributed by atoms with Gasteiger partial charge < -0.3 is 10.1 Å². The van der Waals surface area contributed by atoms with Crippen LogP contribution in [0.1, 0.15) is 11.6 Å². The van der Waals surface area contributed by atoms with Gasteiger partial charge in [0.15, 0.2) is 11.6 Å². The summed E-state index contributed by atoms with van der Waals surface area (Å²) in [5, 5.41) is 7.63. The molecular weight excluding hydrogens is 388 g/mol. The Bertz CT molecular complexity index is 1210. The van der Waals surface area contributed by atoms with Crippen LogP contribution in [0, 0.1) is 11.6 Å². The second-order valence-corrected chi connectivity index (χ2v) is 6.98. The zero-order chi connectivity index (χ0) is 20.7. The van der Waals surface area contributed by atoms with Gasteiger partial charge in [-0.2, -0.15) is 5.10 Å². The number of rotatable bonds is 3. The largest absolute Gasteiger partial charge is 0.489 e. The van der Waals surface area contributed by atoms with E-state index in [0.29, 0.717) is 23.1 Å². The third-order valence-electron chi connectivity index (χ3n) is 5.01. The van der Waals surface area contributed by atoms with Crippen molar-refractivity contribution in [3.8, 4) is 28.5 Å². The van der Waals surface area contributed by atoms with Gasteiger partial charge in [0, 0.05) is 36.1 Å². The first-order valence-corrected chi connectivity index (χ1v) is 9.39. The molecule has 150 valence electrons. The molecule has 0 radical (unpaired) electrons. The van der Waals surface area contributed by atoms with Crippen molar-refractivity contribution in [2.45, 2.75) is 6.04 Å². The first-order chi connectivity index (χ1) is 14.6. The number of benzene rings is 2. The zero-order valence-corrected chi connectivity index (χ0v) is 16.0. The highest BCUT2D eigenvalue weighted by Crippen LogP contribution is 2.38. The Hall–Kier alpha value is -3.81. The molecule has 1 atom stereocenters. The van der Waals surface area contributed by atoms with Gasteiger partial charge in [0.05, 0.1) is 11.7 Å². The predicted molar refractivity (Wildman–Crippen MR) is 108 cm³/mol. The topological polar surface area (TPSA) is 64.9 Å². The van der Waals surface area contributed by atoms with E-state index in [-0.39, 0.29) is 12.2 Å². The summed E-state index contributed by atoms with van der Waals surface area (Å²) in [6, 6.07) is 12.5. The molecule has 1 aliphatic rings. The summed E-state index contributed by atoms with van der Waals surface area (Å²) in [6.07, 6.45) is 3.41. The lowest BCUT2D eigenvalue weighted by Crippen LogP contribution is -2.25. The molecule has 8 heteroatoms. The minimum absolute atomic E-state index is 0.0263. The summed E-state index contributed by atoms with van der Waals surface area (Å²) in [4.78, 5) is 8.73. The Labute approximate surface area is 171 Å². The summed E-state index contributed by atoms with van der Waals surface area (Å²) in [5.41, 5.74) is 2.27. The predicted octanol–water partition coefficient (Wildman–Crippen LogP) is 4.37. The second kappa shape index (κ2) is 7.22. The number of ether oxygens (including phenoxy) is 1. The summed E-state index contributed by atoms with van der Waals surface area (Å²) >= 11 is 0. The van der Waals surface area contributed by atoms with Crippen molar-refractivity contribution in [3.05, 3.63) is 78.1 Å². The van der Waals surface area contributed by atoms with E-state index in [9.17, 15) is 8.78 Å². The SMILES string of the molecule is Cn1nc(-c2cccnc2)nc1-c1ccc2c(c1)OCC(c1c(F)cccc1F)N2. The molecule has 3 heterocycles. The summed E-state index contributed by atoms with van der Waals surface area (Å²) in [5.74, 6) is 0.637. The fourth-order valence-electron chi connectivity index (χ4n) is 3.55. The lowest BCUT2D eigenvalue weighted by Gasteiger charge is -2.28. The Kier molecular flexibility index (Phi) is 4.39. The van der Waals surface area contributed by atoms with E-state index in [1.165, 1.54) is 18.2 Å². The molecule has 0 saturated heterocycles. The van der Waals surface area contributed by atoms with Crippen LogP contribution in [-0.4, -0.2) is 26.4 Å². The molecular formula is C22H17F2N5O. The molecule has 2 aromatic carbocycles. The number of hydrogen-bond donors (Lipinski definition) is 1. The highest BCUT2D eigenvalue weighted by molar-refractivity contribution is 5.69. The molecule has 1 aliphatic heterocycles. The lowest BCUT2D eigenvalue weighted by molar-refractivity contribution is 0.280.